The van der Waals surface area contributed by atoms with E-state index in [-0.39, 0.29) is 41.4 Å². The molecule has 0 bridgehead atoms. The Morgan fingerprint density at radius 2 is 2.11 bits per heavy atom. The van der Waals surface area contributed by atoms with Gasteiger partial charge in [0.25, 0.3) is 5.91 Å². The van der Waals surface area contributed by atoms with Gasteiger partial charge in [0.05, 0.1) is 0 Å². The van der Waals surface area contributed by atoms with Crippen LogP contribution in [0.1, 0.15) is 29.9 Å². The topological polar surface area (TPSA) is 65.2 Å². The summed E-state index contributed by atoms with van der Waals surface area (Å²) in [5.74, 6) is -0.183. The predicted octanol–water partition coefficient (Wildman–Crippen LogP) is 0.928. The molecule has 2 N–H and O–H groups in total. The average Bonchev–Trinajstić information content (AvgIpc) is 2.31. The van der Waals surface area contributed by atoms with Crippen LogP contribution in [0.3, 0.4) is 0 Å². The SMILES string of the molecule is Cc1cc(=O)c(C(=O)N2CC(C)NCC2C)c[nH]1.Cl. The molecule has 1 aromatic heterocycles. The zero-order chi connectivity index (χ0) is 13.3. The molecule has 1 fully saturated rings. The Bertz CT molecular complexity index is 515. The number of carbonyl (C=O) groups excluding carboxylic acids is 1. The molecule has 0 spiro atoms. The minimum Gasteiger partial charge on any atom is -0.364 e. The van der Waals surface area contributed by atoms with Gasteiger partial charge in [0.1, 0.15) is 5.56 Å². The number of H-pyrrole nitrogens is 1. The molecule has 0 radical (unpaired) electrons. The van der Waals surface area contributed by atoms with E-state index in [1.54, 1.807) is 11.8 Å². The number of rotatable bonds is 1. The Morgan fingerprint density at radius 1 is 1.42 bits per heavy atom. The fourth-order valence-corrected chi connectivity index (χ4v) is 2.20. The second-order valence-corrected chi connectivity index (χ2v) is 5.01. The molecule has 0 saturated carbocycles. The summed E-state index contributed by atoms with van der Waals surface area (Å²) in [7, 11) is 0. The van der Waals surface area contributed by atoms with Crippen LogP contribution in [0, 0.1) is 6.92 Å². The number of nitrogens with one attached hydrogen (secondary N) is 2. The first-order valence-corrected chi connectivity index (χ1v) is 6.22. The zero-order valence-corrected chi connectivity index (χ0v) is 12.2. The van der Waals surface area contributed by atoms with Crippen molar-refractivity contribution in [1.82, 2.24) is 15.2 Å². The van der Waals surface area contributed by atoms with E-state index < -0.39 is 0 Å². The molecule has 1 aliphatic heterocycles. The van der Waals surface area contributed by atoms with Crippen LogP contribution >= 0.6 is 12.4 Å². The molecule has 1 aromatic rings. The van der Waals surface area contributed by atoms with Crippen molar-refractivity contribution in [3.63, 3.8) is 0 Å². The van der Waals surface area contributed by atoms with Crippen molar-refractivity contribution in [2.75, 3.05) is 13.1 Å². The molecular formula is C13H20ClN3O2. The fourth-order valence-electron chi connectivity index (χ4n) is 2.20. The Morgan fingerprint density at radius 3 is 2.74 bits per heavy atom. The first-order chi connectivity index (χ1) is 8.49. The highest BCUT2D eigenvalue weighted by Crippen LogP contribution is 2.10. The van der Waals surface area contributed by atoms with Crippen LogP contribution in [0.25, 0.3) is 0 Å². The monoisotopic (exact) mass is 285 g/mol. The highest BCUT2D eigenvalue weighted by Gasteiger charge is 2.28. The second kappa shape index (κ2) is 6.21. The number of piperazine rings is 1. The molecule has 106 valence electrons. The van der Waals surface area contributed by atoms with E-state index in [0.29, 0.717) is 6.54 Å². The fraction of sp³-hybridized carbons (Fsp3) is 0.538. The van der Waals surface area contributed by atoms with Gasteiger partial charge >= 0.3 is 0 Å². The maximum absolute atomic E-state index is 12.4. The Hall–Kier alpha value is -1.33. The van der Waals surface area contributed by atoms with Gasteiger partial charge in [-0.05, 0) is 20.8 Å². The number of nitrogens with zero attached hydrogens (tertiary/aromatic N) is 1. The number of halogens is 1. The van der Waals surface area contributed by atoms with Crippen molar-refractivity contribution in [1.29, 1.82) is 0 Å². The van der Waals surface area contributed by atoms with Gasteiger partial charge in [0.15, 0.2) is 5.43 Å². The molecule has 2 unspecified atom stereocenters. The molecule has 2 rings (SSSR count). The summed E-state index contributed by atoms with van der Waals surface area (Å²) in [4.78, 5) is 28.9. The van der Waals surface area contributed by atoms with Gasteiger partial charge in [-0.3, -0.25) is 9.59 Å². The summed E-state index contributed by atoms with van der Waals surface area (Å²) in [6.07, 6.45) is 1.51. The molecule has 1 saturated heterocycles. The van der Waals surface area contributed by atoms with Crippen molar-refractivity contribution in [2.45, 2.75) is 32.9 Å². The highest BCUT2D eigenvalue weighted by molar-refractivity contribution is 5.94. The number of aromatic nitrogens is 1. The summed E-state index contributed by atoms with van der Waals surface area (Å²) in [5.41, 5.74) is 0.773. The molecule has 2 atom stereocenters. The van der Waals surface area contributed by atoms with Crippen molar-refractivity contribution in [3.05, 3.63) is 33.7 Å². The van der Waals surface area contributed by atoms with Crippen LogP contribution in [0.4, 0.5) is 0 Å². The summed E-state index contributed by atoms with van der Waals surface area (Å²) in [6.45, 7) is 7.21. The quantitative estimate of drug-likeness (QED) is 0.807. The average molecular weight is 286 g/mol. The number of pyridine rings is 1. The van der Waals surface area contributed by atoms with E-state index in [1.807, 2.05) is 13.8 Å². The lowest BCUT2D eigenvalue weighted by atomic mass is 10.1. The van der Waals surface area contributed by atoms with E-state index in [0.717, 1.165) is 12.2 Å². The van der Waals surface area contributed by atoms with Crippen LogP contribution in [-0.4, -0.2) is 41.0 Å². The minimum absolute atomic E-state index is 0. The van der Waals surface area contributed by atoms with Crippen LogP contribution in [-0.2, 0) is 0 Å². The lowest BCUT2D eigenvalue weighted by molar-refractivity contribution is 0.0614. The summed E-state index contributed by atoms with van der Waals surface area (Å²) in [6, 6.07) is 1.83. The number of amides is 1. The number of carbonyl (C=O) groups is 1. The molecule has 6 heteroatoms. The van der Waals surface area contributed by atoms with Gasteiger partial charge < -0.3 is 15.2 Å². The molecule has 0 aliphatic carbocycles. The minimum atomic E-state index is -0.213. The van der Waals surface area contributed by atoms with Crippen molar-refractivity contribution < 1.29 is 4.79 Å². The van der Waals surface area contributed by atoms with Gasteiger partial charge in [-0.25, -0.2) is 0 Å². The maximum Gasteiger partial charge on any atom is 0.259 e. The number of hydrogen-bond acceptors (Lipinski definition) is 3. The molecule has 1 amide bonds. The Kier molecular flexibility index (Phi) is 5.14. The van der Waals surface area contributed by atoms with E-state index >= 15 is 0 Å². The van der Waals surface area contributed by atoms with Crippen LogP contribution in [0.5, 0.6) is 0 Å². The number of aromatic amines is 1. The van der Waals surface area contributed by atoms with Crippen LogP contribution in [0.15, 0.2) is 17.1 Å². The predicted molar refractivity (Wildman–Crippen MR) is 77.0 cm³/mol. The highest BCUT2D eigenvalue weighted by atomic mass is 35.5. The van der Waals surface area contributed by atoms with Gasteiger partial charge in [-0.2, -0.15) is 0 Å². The lowest BCUT2D eigenvalue weighted by Gasteiger charge is -2.37. The molecule has 1 aliphatic rings. The van der Waals surface area contributed by atoms with E-state index in [2.05, 4.69) is 10.3 Å². The largest absolute Gasteiger partial charge is 0.364 e. The Labute approximate surface area is 118 Å². The number of hydrogen-bond donors (Lipinski definition) is 2. The third-order valence-corrected chi connectivity index (χ3v) is 3.31. The standard InChI is InChI=1S/C13H19N3O2.ClH/c1-8-4-12(17)11(6-15-8)13(18)16-7-9(2)14-5-10(16)3;/h4,6,9-10,14H,5,7H2,1-3H3,(H,15,17);1H. The molecule has 2 heterocycles. The summed E-state index contributed by atoms with van der Waals surface area (Å²) >= 11 is 0. The lowest BCUT2D eigenvalue weighted by Crippen LogP contribution is -2.56. The molecule has 0 aromatic carbocycles. The van der Waals surface area contributed by atoms with Gasteiger partial charge in [0, 0.05) is 43.1 Å². The van der Waals surface area contributed by atoms with Crippen molar-refractivity contribution in [3.8, 4) is 0 Å². The Balaban J connectivity index is 0.00000180. The van der Waals surface area contributed by atoms with Gasteiger partial charge in [0.2, 0.25) is 0 Å². The van der Waals surface area contributed by atoms with E-state index in [4.69, 9.17) is 0 Å². The smallest absolute Gasteiger partial charge is 0.259 e. The van der Waals surface area contributed by atoms with E-state index in [1.165, 1.54) is 12.3 Å². The van der Waals surface area contributed by atoms with Gasteiger partial charge in [-0.15, -0.1) is 12.4 Å². The summed E-state index contributed by atoms with van der Waals surface area (Å²) in [5, 5.41) is 3.31. The van der Waals surface area contributed by atoms with Crippen molar-refractivity contribution >= 4 is 18.3 Å². The van der Waals surface area contributed by atoms with Crippen LogP contribution < -0.4 is 10.7 Å². The zero-order valence-electron chi connectivity index (χ0n) is 11.4. The second-order valence-electron chi connectivity index (χ2n) is 5.01. The first kappa shape index (κ1) is 15.7. The third kappa shape index (κ3) is 3.36. The summed E-state index contributed by atoms with van der Waals surface area (Å²) < 4.78 is 0. The van der Waals surface area contributed by atoms with E-state index in [9.17, 15) is 9.59 Å². The normalized spacial score (nSPS) is 22.8. The molecule has 19 heavy (non-hydrogen) atoms. The van der Waals surface area contributed by atoms with Gasteiger partial charge in [-0.1, -0.05) is 0 Å². The first-order valence-electron chi connectivity index (χ1n) is 6.22. The van der Waals surface area contributed by atoms with Crippen LogP contribution in [0.2, 0.25) is 0 Å². The molecule has 5 nitrogen and oxygen atoms in total. The number of aryl methyl sites for hydroxylation is 1. The molecular weight excluding hydrogens is 266 g/mol. The van der Waals surface area contributed by atoms with Crippen molar-refractivity contribution in [2.24, 2.45) is 0 Å². The third-order valence-electron chi connectivity index (χ3n) is 3.31. The maximum atomic E-state index is 12.4.